The molecule has 4 aromatic rings. The van der Waals surface area contributed by atoms with Crippen molar-refractivity contribution in [1.82, 2.24) is 25.1 Å². The van der Waals surface area contributed by atoms with Gasteiger partial charge in [-0.3, -0.25) is 4.79 Å². The number of anilines is 1. The second-order valence-corrected chi connectivity index (χ2v) is 10.7. The van der Waals surface area contributed by atoms with E-state index in [4.69, 9.17) is 4.98 Å². The fraction of sp³-hybridized carbons (Fsp3) is 0.310. The highest BCUT2D eigenvalue weighted by Gasteiger charge is 2.65. The lowest BCUT2D eigenvalue weighted by Crippen LogP contribution is -2.38. The third-order valence-electron chi connectivity index (χ3n) is 8.35. The van der Waals surface area contributed by atoms with Crippen molar-refractivity contribution >= 4 is 11.7 Å². The minimum Gasteiger partial charge on any atom is -0.384 e. The van der Waals surface area contributed by atoms with Gasteiger partial charge in [0.2, 0.25) is 0 Å². The molecular weight excluding hydrogens is 502 g/mol. The molecule has 2 N–H and O–H groups in total. The van der Waals surface area contributed by atoms with Gasteiger partial charge in [-0.25, -0.2) is 23.7 Å². The highest BCUT2D eigenvalue weighted by atomic mass is 19.1. The third-order valence-corrected chi connectivity index (χ3v) is 8.35. The van der Waals surface area contributed by atoms with Crippen LogP contribution < -0.4 is 5.32 Å². The molecule has 10 heteroatoms. The first-order valence-electron chi connectivity index (χ1n) is 12.7. The summed E-state index contributed by atoms with van der Waals surface area (Å²) in [5.41, 5.74) is 2.35. The average Bonchev–Trinajstić information content (AvgIpc) is 3.30. The molecule has 0 radical (unpaired) electrons. The number of hydrogen-bond acceptors (Lipinski definition) is 7. The van der Waals surface area contributed by atoms with E-state index >= 15 is 0 Å². The maximum Gasteiger partial charge on any atom is 0.254 e. The van der Waals surface area contributed by atoms with Crippen molar-refractivity contribution in [3.8, 4) is 22.6 Å². The fourth-order valence-corrected chi connectivity index (χ4v) is 6.32. The van der Waals surface area contributed by atoms with Crippen LogP contribution in [-0.2, 0) is 10.2 Å². The van der Waals surface area contributed by atoms with Gasteiger partial charge in [0.15, 0.2) is 5.82 Å². The summed E-state index contributed by atoms with van der Waals surface area (Å²) in [7, 11) is 0. The Kier molecular flexibility index (Phi) is 5.76. The second-order valence-electron chi connectivity index (χ2n) is 10.7. The molecule has 0 spiro atoms. The van der Waals surface area contributed by atoms with Crippen molar-refractivity contribution in [2.45, 2.75) is 51.0 Å². The quantitative estimate of drug-likeness (QED) is 0.383. The van der Waals surface area contributed by atoms with E-state index in [-0.39, 0.29) is 22.6 Å². The standard InChI is InChI=1S/C29H26F2N6O2/c1-15(38)27(39)35-23-8-7-16(14-33-23)26-32-12-10-22(34-26)29-11-9-18(28(29,2)3)17-13-21(36-37-25(17)29)24-19(30)5-4-6-20(24)31/h4-8,10,12-15,18,38H,9,11H2,1-3H3,(H,33,35,39)/t15?,18-,29+/m0/s1. The molecule has 2 aliphatic rings. The van der Waals surface area contributed by atoms with Gasteiger partial charge in [-0.05, 0) is 73.1 Å². The molecule has 6 rings (SSSR count). The highest BCUT2D eigenvalue weighted by molar-refractivity contribution is 5.92. The summed E-state index contributed by atoms with van der Waals surface area (Å²) in [6.45, 7) is 5.74. The van der Waals surface area contributed by atoms with E-state index in [9.17, 15) is 18.7 Å². The molecular formula is C29H26F2N6O2. The number of aromatic nitrogens is 5. The summed E-state index contributed by atoms with van der Waals surface area (Å²) in [5.74, 6) is -1.01. The molecule has 1 fully saturated rings. The highest BCUT2D eigenvalue weighted by Crippen LogP contribution is 2.69. The summed E-state index contributed by atoms with van der Waals surface area (Å²) < 4.78 is 29.1. The monoisotopic (exact) mass is 528 g/mol. The molecule has 8 nitrogen and oxygen atoms in total. The predicted molar refractivity (Wildman–Crippen MR) is 139 cm³/mol. The zero-order chi connectivity index (χ0) is 27.5. The number of fused-ring (bicyclic) bond motifs is 5. The summed E-state index contributed by atoms with van der Waals surface area (Å²) >= 11 is 0. The van der Waals surface area contributed by atoms with Crippen LogP contribution in [0.5, 0.6) is 0 Å². The van der Waals surface area contributed by atoms with Crippen molar-refractivity contribution < 1.29 is 18.7 Å². The van der Waals surface area contributed by atoms with Crippen molar-refractivity contribution in [1.29, 1.82) is 0 Å². The molecule has 2 aliphatic carbocycles. The number of carbonyl (C=O) groups is 1. The van der Waals surface area contributed by atoms with E-state index in [1.54, 1.807) is 30.6 Å². The SMILES string of the molecule is CC(O)C(=O)Nc1ccc(-c2nccc([C@]34CC[C@@H](c5cc(-c6c(F)cccc6F)nnc53)C4(C)C)n2)cn1. The molecule has 198 valence electrons. The van der Waals surface area contributed by atoms with Crippen molar-refractivity contribution in [2.24, 2.45) is 5.41 Å². The van der Waals surface area contributed by atoms with E-state index in [1.807, 2.05) is 6.07 Å². The largest absolute Gasteiger partial charge is 0.384 e. The van der Waals surface area contributed by atoms with Crippen molar-refractivity contribution in [3.63, 3.8) is 0 Å². The van der Waals surface area contributed by atoms with E-state index in [2.05, 4.69) is 39.3 Å². The second kappa shape index (κ2) is 8.94. The zero-order valence-electron chi connectivity index (χ0n) is 21.6. The van der Waals surface area contributed by atoms with Crippen LogP contribution in [-0.4, -0.2) is 42.3 Å². The van der Waals surface area contributed by atoms with Gasteiger partial charge < -0.3 is 10.4 Å². The molecule has 3 heterocycles. The number of aliphatic hydroxyl groups is 1. The molecule has 3 aromatic heterocycles. The van der Waals surface area contributed by atoms with E-state index in [0.717, 1.165) is 29.8 Å². The Bertz CT molecular complexity index is 1590. The minimum absolute atomic E-state index is 0.119. The van der Waals surface area contributed by atoms with Crippen LogP contribution >= 0.6 is 0 Å². The Labute approximate surface area is 223 Å². The Morgan fingerprint density at radius 1 is 1.10 bits per heavy atom. The number of halogens is 2. The third kappa shape index (κ3) is 3.73. The van der Waals surface area contributed by atoms with Gasteiger partial charge in [0.25, 0.3) is 5.91 Å². The molecule has 39 heavy (non-hydrogen) atoms. The number of hydrogen-bond donors (Lipinski definition) is 2. The van der Waals surface area contributed by atoms with E-state index in [1.165, 1.54) is 25.1 Å². The van der Waals surface area contributed by atoms with Crippen LogP contribution in [0, 0.1) is 17.0 Å². The fourth-order valence-electron chi connectivity index (χ4n) is 6.32. The van der Waals surface area contributed by atoms with Gasteiger partial charge in [0.1, 0.15) is 23.6 Å². The first-order valence-corrected chi connectivity index (χ1v) is 12.7. The number of nitrogens with one attached hydrogen (secondary N) is 1. The Morgan fingerprint density at radius 2 is 1.87 bits per heavy atom. The zero-order valence-corrected chi connectivity index (χ0v) is 21.6. The average molecular weight is 529 g/mol. The molecule has 2 bridgehead atoms. The molecule has 0 aliphatic heterocycles. The van der Waals surface area contributed by atoms with Gasteiger partial charge in [-0.15, -0.1) is 5.10 Å². The Balaban J connectivity index is 1.40. The van der Waals surface area contributed by atoms with Crippen LogP contribution in [0.1, 0.15) is 56.5 Å². The number of benzene rings is 1. The minimum atomic E-state index is -1.15. The number of nitrogens with zero attached hydrogens (tertiary/aromatic N) is 5. The first-order chi connectivity index (χ1) is 18.6. The Hall–Kier alpha value is -4.18. The van der Waals surface area contributed by atoms with Gasteiger partial charge in [0, 0.05) is 18.0 Å². The smallest absolute Gasteiger partial charge is 0.254 e. The molecule has 1 saturated carbocycles. The van der Waals surface area contributed by atoms with Crippen LogP contribution in [0.4, 0.5) is 14.6 Å². The number of carbonyl (C=O) groups excluding carboxylic acids is 1. The number of amides is 1. The molecule has 1 amide bonds. The van der Waals surface area contributed by atoms with Crippen molar-refractivity contribution in [3.05, 3.63) is 83.4 Å². The van der Waals surface area contributed by atoms with Crippen LogP contribution in [0.3, 0.4) is 0 Å². The molecule has 1 unspecified atom stereocenters. The number of pyridine rings is 1. The van der Waals surface area contributed by atoms with E-state index < -0.39 is 29.1 Å². The van der Waals surface area contributed by atoms with Gasteiger partial charge in [0.05, 0.1) is 28.1 Å². The summed E-state index contributed by atoms with van der Waals surface area (Å²) in [6, 6.07) is 10.8. The molecule has 1 aromatic carbocycles. The summed E-state index contributed by atoms with van der Waals surface area (Å²) in [6.07, 6.45) is 3.80. The lowest BCUT2D eigenvalue weighted by Gasteiger charge is -2.37. The van der Waals surface area contributed by atoms with Gasteiger partial charge >= 0.3 is 0 Å². The molecule has 0 saturated heterocycles. The first kappa shape index (κ1) is 25.1. The number of aliphatic hydroxyl groups excluding tert-OH is 1. The summed E-state index contributed by atoms with van der Waals surface area (Å²) in [4.78, 5) is 25.4. The van der Waals surface area contributed by atoms with Crippen molar-refractivity contribution in [2.75, 3.05) is 5.32 Å². The normalized spacial score (nSPS) is 21.4. The summed E-state index contributed by atoms with van der Waals surface area (Å²) in [5, 5.41) is 20.8. The van der Waals surface area contributed by atoms with Crippen LogP contribution in [0.15, 0.2) is 54.9 Å². The maximum atomic E-state index is 14.5. The maximum absolute atomic E-state index is 14.5. The van der Waals surface area contributed by atoms with Crippen LogP contribution in [0.2, 0.25) is 0 Å². The Morgan fingerprint density at radius 3 is 2.56 bits per heavy atom. The van der Waals surface area contributed by atoms with E-state index in [0.29, 0.717) is 17.2 Å². The topological polar surface area (TPSA) is 114 Å². The predicted octanol–water partition coefficient (Wildman–Crippen LogP) is 4.80. The lowest BCUT2D eigenvalue weighted by atomic mass is 9.66. The van der Waals surface area contributed by atoms with Gasteiger partial charge in [-0.2, -0.15) is 5.10 Å². The lowest BCUT2D eigenvalue weighted by molar-refractivity contribution is -0.123. The van der Waals surface area contributed by atoms with Crippen LogP contribution in [0.25, 0.3) is 22.6 Å². The van der Waals surface area contributed by atoms with Gasteiger partial charge in [-0.1, -0.05) is 19.9 Å². The molecule has 3 atom stereocenters. The number of rotatable bonds is 5.